The minimum absolute atomic E-state index is 0.115. The smallest absolute Gasteiger partial charge is 0.224 e. The number of carboxylic acid groups (broad SMARTS) is 1. The van der Waals surface area contributed by atoms with Gasteiger partial charge in [-0.05, 0) is 25.7 Å². The monoisotopic (exact) mass is 236 g/mol. The molecule has 0 spiro atoms. The molecule has 0 heterocycles. The molecule has 0 saturated heterocycles. The van der Waals surface area contributed by atoms with Crippen molar-refractivity contribution < 1.29 is 14.7 Å². The minimum Gasteiger partial charge on any atom is -0.550 e. The van der Waals surface area contributed by atoms with Gasteiger partial charge in [0.1, 0.15) is 0 Å². The molecule has 0 unspecified atom stereocenters. The van der Waals surface area contributed by atoms with Crippen LogP contribution in [0.15, 0.2) is 12.2 Å². The van der Waals surface area contributed by atoms with Crippen LogP contribution in [0.25, 0.3) is 0 Å². The standard InChI is InChI=1S/C13H19NO3/c15-12(14-9-5-1-2-6-9)10-7-3-4-8-11(10)13(16)17/h3-4,9-11H,1-2,5-8H2,(H,14,15)(H,16,17)/p-1/t10-,11+/m0/s1. The molecule has 0 aromatic rings. The molecule has 1 fully saturated rings. The number of amides is 1. The van der Waals surface area contributed by atoms with Crippen molar-refractivity contribution in [3.8, 4) is 0 Å². The van der Waals surface area contributed by atoms with Gasteiger partial charge in [0.05, 0.1) is 0 Å². The summed E-state index contributed by atoms with van der Waals surface area (Å²) in [4.78, 5) is 23.0. The Kier molecular flexibility index (Phi) is 3.82. The van der Waals surface area contributed by atoms with E-state index in [0.29, 0.717) is 12.8 Å². The molecule has 2 aliphatic carbocycles. The zero-order valence-electron chi connectivity index (χ0n) is 9.85. The Bertz CT molecular complexity index is 332. The quantitative estimate of drug-likeness (QED) is 0.720. The maximum Gasteiger partial charge on any atom is 0.224 e. The highest BCUT2D eigenvalue weighted by molar-refractivity contribution is 5.84. The fourth-order valence-electron chi connectivity index (χ4n) is 2.74. The van der Waals surface area contributed by atoms with Gasteiger partial charge < -0.3 is 15.2 Å². The van der Waals surface area contributed by atoms with Gasteiger partial charge >= 0.3 is 0 Å². The van der Waals surface area contributed by atoms with Crippen LogP contribution in [0.5, 0.6) is 0 Å². The van der Waals surface area contributed by atoms with Crippen LogP contribution >= 0.6 is 0 Å². The first kappa shape index (κ1) is 12.1. The van der Waals surface area contributed by atoms with Crippen molar-refractivity contribution >= 4 is 11.9 Å². The summed E-state index contributed by atoms with van der Waals surface area (Å²) in [5, 5.41) is 14.0. The van der Waals surface area contributed by atoms with Crippen LogP contribution in [0, 0.1) is 11.8 Å². The van der Waals surface area contributed by atoms with Crippen LogP contribution in [0.3, 0.4) is 0 Å². The van der Waals surface area contributed by atoms with Crippen molar-refractivity contribution in [2.75, 3.05) is 0 Å². The third-order valence-corrected chi connectivity index (χ3v) is 3.77. The number of carbonyl (C=O) groups excluding carboxylic acids is 2. The summed E-state index contributed by atoms with van der Waals surface area (Å²) < 4.78 is 0. The van der Waals surface area contributed by atoms with Gasteiger partial charge in [0.25, 0.3) is 0 Å². The first-order valence-corrected chi connectivity index (χ1v) is 6.34. The number of allylic oxidation sites excluding steroid dienone is 2. The Morgan fingerprint density at radius 2 is 1.65 bits per heavy atom. The van der Waals surface area contributed by atoms with Crippen LogP contribution in [-0.2, 0) is 9.59 Å². The number of carbonyl (C=O) groups is 2. The molecular formula is C13H18NO3-. The zero-order valence-corrected chi connectivity index (χ0v) is 9.85. The van der Waals surface area contributed by atoms with Crippen molar-refractivity contribution in [1.29, 1.82) is 0 Å². The third-order valence-electron chi connectivity index (χ3n) is 3.77. The fourth-order valence-corrected chi connectivity index (χ4v) is 2.74. The molecule has 0 aromatic heterocycles. The summed E-state index contributed by atoms with van der Waals surface area (Å²) in [6, 6.07) is 0.246. The summed E-state index contributed by atoms with van der Waals surface area (Å²) in [7, 11) is 0. The predicted molar refractivity (Wildman–Crippen MR) is 60.8 cm³/mol. The SMILES string of the molecule is O=C(NC1CCCC1)[C@H]1CC=CC[C@H]1C(=O)[O-]. The highest BCUT2D eigenvalue weighted by Crippen LogP contribution is 2.26. The lowest BCUT2D eigenvalue weighted by Gasteiger charge is -2.29. The predicted octanol–water partition coefficient (Wildman–Crippen LogP) is 0.377. The highest BCUT2D eigenvalue weighted by Gasteiger charge is 2.31. The number of hydrogen-bond acceptors (Lipinski definition) is 3. The Morgan fingerprint density at radius 1 is 1.06 bits per heavy atom. The average Bonchev–Trinajstić information content (AvgIpc) is 2.81. The molecule has 4 nitrogen and oxygen atoms in total. The molecule has 0 aromatic carbocycles. The van der Waals surface area contributed by atoms with Crippen LogP contribution in [0.2, 0.25) is 0 Å². The van der Waals surface area contributed by atoms with Gasteiger partial charge in [0.2, 0.25) is 5.91 Å². The molecule has 1 amide bonds. The Hall–Kier alpha value is -1.32. The van der Waals surface area contributed by atoms with Crippen LogP contribution in [-0.4, -0.2) is 17.9 Å². The van der Waals surface area contributed by atoms with E-state index in [9.17, 15) is 14.7 Å². The maximum absolute atomic E-state index is 12.0. The summed E-state index contributed by atoms with van der Waals surface area (Å²) in [5.41, 5.74) is 0. The molecule has 1 N–H and O–H groups in total. The molecule has 2 aliphatic rings. The van der Waals surface area contributed by atoms with Gasteiger partial charge in [-0.15, -0.1) is 0 Å². The van der Waals surface area contributed by atoms with Gasteiger partial charge in [0.15, 0.2) is 0 Å². The van der Waals surface area contributed by atoms with Crippen molar-refractivity contribution in [1.82, 2.24) is 5.32 Å². The second-order valence-corrected chi connectivity index (χ2v) is 4.96. The number of nitrogens with one attached hydrogen (secondary N) is 1. The molecule has 0 aliphatic heterocycles. The van der Waals surface area contributed by atoms with Crippen molar-refractivity contribution in [2.45, 2.75) is 44.6 Å². The maximum atomic E-state index is 12.0. The van der Waals surface area contributed by atoms with E-state index in [1.165, 1.54) is 0 Å². The van der Waals surface area contributed by atoms with E-state index in [-0.39, 0.29) is 11.9 Å². The van der Waals surface area contributed by atoms with Gasteiger partial charge in [-0.3, -0.25) is 4.79 Å². The molecule has 17 heavy (non-hydrogen) atoms. The molecule has 2 rings (SSSR count). The summed E-state index contributed by atoms with van der Waals surface area (Å²) in [6.07, 6.45) is 8.97. The van der Waals surface area contributed by atoms with Crippen molar-refractivity contribution in [3.63, 3.8) is 0 Å². The summed E-state index contributed by atoms with van der Waals surface area (Å²) >= 11 is 0. The molecule has 2 atom stereocenters. The highest BCUT2D eigenvalue weighted by atomic mass is 16.4. The molecule has 0 bridgehead atoms. The Morgan fingerprint density at radius 3 is 2.24 bits per heavy atom. The van der Waals surface area contributed by atoms with Crippen LogP contribution in [0.1, 0.15) is 38.5 Å². The number of rotatable bonds is 3. The summed E-state index contributed by atoms with van der Waals surface area (Å²) in [5.74, 6) is -2.34. The van der Waals surface area contributed by atoms with E-state index in [1.807, 2.05) is 12.2 Å². The van der Waals surface area contributed by atoms with E-state index in [4.69, 9.17) is 0 Å². The average molecular weight is 236 g/mol. The van der Waals surface area contributed by atoms with Gasteiger partial charge in [-0.2, -0.15) is 0 Å². The number of hydrogen-bond donors (Lipinski definition) is 1. The second-order valence-electron chi connectivity index (χ2n) is 4.96. The topological polar surface area (TPSA) is 69.2 Å². The lowest BCUT2D eigenvalue weighted by Crippen LogP contribution is -2.45. The Balaban J connectivity index is 1.96. The van der Waals surface area contributed by atoms with Crippen molar-refractivity contribution in [3.05, 3.63) is 12.2 Å². The molecule has 0 radical (unpaired) electrons. The molecule has 94 valence electrons. The van der Waals surface area contributed by atoms with Crippen LogP contribution in [0.4, 0.5) is 0 Å². The van der Waals surface area contributed by atoms with E-state index < -0.39 is 17.8 Å². The first-order valence-electron chi connectivity index (χ1n) is 6.34. The normalized spacial score (nSPS) is 29.2. The lowest BCUT2D eigenvalue weighted by molar-refractivity contribution is -0.313. The van der Waals surface area contributed by atoms with E-state index in [1.54, 1.807) is 0 Å². The van der Waals surface area contributed by atoms with Crippen molar-refractivity contribution in [2.24, 2.45) is 11.8 Å². The molecule has 1 saturated carbocycles. The van der Waals surface area contributed by atoms with E-state index >= 15 is 0 Å². The number of aliphatic carboxylic acids is 1. The first-order chi connectivity index (χ1) is 8.18. The van der Waals surface area contributed by atoms with Crippen LogP contribution < -0.4 is 10.4 Å². The second kappa shape index (κ2) is 5.34. The largest absolute Gasteiger partial charge is 0.550 e. The zero-order chi connectivity index (χ0) is 12.3. The van der Waals surface area contributed by atoms with Gasteiger partial charge in [-0.25, -0.2) is 0 Å². The van der Waals surface area contributed by atoms with Gasteiger partial charge in [-0.1, -0.05) is 25.0 Å². The van der Waals surface area contributed by atoms with E-state index in [0.717, 1.165) is 25.7 Å². The minimum atomic E-state index is -1.11. The third kappa shape index (κ3) is 2.87. The molecular weight excluding hydrogens is 218 g/mol. The summed E-state index contributed by atoms with van der Waals surface area (Å²) in [6.45, 7) is 0. The van der Waals surface area contributed by atoms with Gasteiger partial charge in [0, 0.05) is 23.8 Å². The fraction of sp³-hybridized carbons (Fsp3) is 0.692. The van der Waals surface area contributed by atoms with E-state index in [2.05, 4.69) is 5.32 Å². The molecule has 4 heteroatoms. The lowest BCUT2D eigenvalue weighted by atomic mass is 9.82. The Labute approximate surface area is 101 Å². The number of carboxylic acids is 1.